The fraction of sp³-hybridized carbons (Fsp3) is 0.133. The van der Waals surface area contributed by atoms with E-state index >= 15 is 0 Å². The van der Waals surface area contributed by atoms with Crippen LogP contribution in [0.25, 0.3) is 11.1 Å². The van der Waals surface area contributed by atoms with E-state index < -0.39 is 28.7 Å². The summed E-state index contributed by atoms with van der Waals surface area (Å²) in [5, 5.41) is 11.2. The van der Waals surface area contributed by atoms with Crippen LogP contribution in [0.2, 0.25) is 0 Å². The molecule has 0 aliphatic heterocycles. The standard InChI is InChI=1S/C15H10F3NO5/c1-23-14(20)10-5-6-12(13(8-10)19(21)22)9-3-2-4-11(7-9)24-15(16,17)18/h2-8H,1H3. The smallest absolute Gasteiger partial charge is 0.465 e. The summed E-state index contributed by atoms with van der Waals surface area (Å²) in [5.41, 5.74) is -0.308. The number of methoxy groups -OCH3 is 1. The Morgan fingerprint density at radius 1 is 1.17 bits per heavy atom. The summed E-state index contributed by atoms with van der Waals surface area (Å²) in [6.07, 6.45) is -4.88. The molecular weight excluding hydrogens is 331 g/mol. The van der Waals surface area contributed by atoms with Crippen LogP contribution in [0.5, 0.6) is 5.75 Å². The molecule has 2 aromatic carbocycles. The van der Waals surface area contributed by atoms with Gasteiger partial charge in [-0.25, -0.2) is 4.79 Å². The first kappa shape index (κ1) is 17.3. The molecule has 126 valence electrons. The van der Waals surface area contributed by atoms with Crippen LogP contribution >= 0.6 is 0 Å². The van der Waals surface area contributed by atoms with Gasteiger partial charge in [0.15, 0.2) is 0 Å². The number of hydrogen-bond acceptors (Lipinski definition) is 5. The van der Waals surface area contributed by atoms with Crippen molar-refractivity contribution >= 4 is 11.7 Å². The van der Waals surface area contributed by atoms with Crippen molar-refractivity contribution in [1.29, 1.82) is 0 Å². The van der Waals surface area contributed by atoms with Crippen molar-refractivity contribution in [3.63, 3.8) is 0 Å². The molecular formula is C15H10F3NO5. The predicted molar refractivity (Wildman–Crippen MR) is 76.6 cm³/mol. The van der Waals surface area contributed by atoms with Gasteiger partial charge in [-0.05, 0) is 29.8 Å². The van der Waals surface area contributed by atoms with Crippen LogP contribution in [-0.4, -0.2) is 24.4 Å². The van der Waals surface area contributed by atoms with Crippen molar-refractivity contribution in [2.75, 3.05) is 7.11 Å². The molecule has 0 unspecified atom stereocenters. The summed E-state index contributed by atoms with van der Waals surface area (Å²) in [7, 11) is 1.13. The number of benzene rings is 2. The number of hydrogen-bond donors (Lipinski definition) is 0. The third-order valence-electron chi connectivity index (χ3n) is 2.99. The highest BCUT2D eigenvalue weighted by Gasteiger charge is 2.31. The van der Waals surface area contributed by atoms with Crippen LogP contribution in [-0.2, 0) is 4.74 Å². The molecule has 0 saturated carbocycles. The van der Waals surface area contributed by atoms with Crippen LogP contribution in [0.1, 0.15) is 10.4 Å². The van der Waals surface area contributed by atoms with E-state index in [1.54, 1.807) is 0 Å². The Morgan fingerprint density at radius 2 is 1.88 bits per heavy atom. The fourth-order valence-corrected chi connectivity index (χ4v) is 2.03. The van der Waals surface area contributed by atoms with Gasteiger partial charge in [0, 0.05) is 6.07 Å². The van der Waals surface area contributed by atoms with Gasteiger partial charge < -0.3 is 9.47 Å². The Bertz CT molecular complexity index is 789. The molecule has 0 aliphatic rings. The topological polar surface area (TPSA) is 78.7 Å². The molecule has 0 amide bonds. The van der Waals surface area contributed by atoms with Crippen LogP contribution < -0.4 is 4.74 Å². The van der Waals surface area contributed by atoms with Gasteiger partial charge >= 0.3 is 12.3 Å². The molecule has 0 aliphatic carbocycles. The van der Waals surface area contributed by atoms with E-state index in [1.165, 1.54) is 24.3 Å². The quantitative estimate of drug-likeness (QED) is 0.478. The van der Waals surface area contributed by atoms with Gasteiger partial charge in [0.2, 0.25) is 0 Å². The lowest BCUT2D eigenvalue weighted by molar-refractivity contribution is -0.384. The number of nitro benzene ring substituents is 1. The van der Waals surface area contributed by atoms with Crippen molar-refractivity contribution in [3.8, 4) is 16.9 Å². The van der Waals surface area contributed by atoms with E-state index in [0.29, 0.717) is 0 Å². The molecule has 0 saturated heterocycles. The minimum Gasteiger partial charge on any atom is -0.465 e. The lowest BCUT2D eigenvalue weighted by Crippen LogP contribution is -2.17. The summed E-state index contributed by atoms with van der Waals surface area (Å²) in [4.78, 5) is 21.9. The van der Waals surface area contributed by atoms with Gasteiger partial charge in [-0.1, -0.05) is 12.1 Å². The molecule has 0 N–H and O–H groups in total. The molecule has 0 atom stereocenters. The van der Waals surface area contributed by atoms with Crippen molar-refractivity contribution in [2.24, 2.45) is 0 Å². The zero-order chi connectivity index (χ0) is 17.9. The molecule has 2 aromatic rings. The summed E-state index contributed by atoms with van der Waals surface area (Å²) < 4.78 is 45.1. The zero-order valence-corrected chi connectivity index (χ0v) is 12.2. The van der Waals surface area contributed by atoms with Gasteiger partial charge in [-0.15, -0.1) is 13.2 Å². The van der Waals surface area contributed by atoms with Gasteiger partial charge in [0.1, 0.15) is 5.75 Å². The molecule has 0 radical (unpaired) electrons. The van der Waals surface area contributed by atoms with E-state index in [1.807, 2.05) is 0 Å². The lowest BCUT2D eigenvalue weighted by Gasteiger charge is -2.10. The maximum absolute atomic E-state index is 12.3. The molecule has 2 rings (SSSR count). The minimum atomic E-state index is -4.88. The van der Waals surface area contributed by atoms with Crippen LogP contribution in [0.15, 0.2) is 42.5 Å². The average Bonchev–Trinajstić information content (AvgIpc) is 2.52. The number of nitrogens with zero attached hydrogens (tertiary/aromatic N) is 1. The van der Waals surface area contributed by atoms with Gasteiger partial charge in [0.25, 0.3) is 5.69 Å². The molecule has 0 spiro atoms. The maximum atomic E-state index is 12.3. The molecule has 24 heavy (non-hydrogen) atoms. The molecule has 0 aromatic heterocycles. The van der Waals surface area contributed by atoms with Crippen molar-refractivity contribution < 1.29 is 32.4 Å². The number of carbonyl (C=O) groups excluding carboxylic acids is 1. The SMILES string of the molecule is COC(=O)c1ccc(-c2cccc(OC(F)(F)F)c2)c([N+](=O)[O-])c1. The summed E-state index contributed by atoms with van der Waals surface area (Å²) in [6, 6.07) is 8.30. The minimum absolute atomic E-state index is 0.0419. The number of rotatable bonds is 4. The predicted octanol–water partition coefficient (Wildman–Crippen LogP) is 3.95. The maximum Gasteiger partial charge on any atom is 0.573 e. The Morgan fingerprint density at radius 3 is 2.46 bits per heavy atom. The average molecular weight is 341 g/mol. The molecule has 0 heterocycles. The first-order valence-electron chi connectivity index (χ1n) is 6.44. The monoisotopic (exact) mass is 341 g/mol. The van der Waals surface area contributed by atoms with Crippen molar-refractivity contribution in [1.82, 2.24) is 0 Å². The van der Waals surface area contributed by atoms with E-state index in [9.17, 15) is 28.1 Å². The lowest BCUT2D eigenvalue weighted by atomic mass is 10.0. The molecule has 6 nitrogen and oxygen atoms in total. The van der Waals surface area contributed by atoms with Crippen LogP contribution in [0.4, 0.5) is 18.9 Å². The van der Waals surface area contributed by atoms with E-state index in [0.717, 1.165) is 25.3 Å². The largest absolute Gasteiger partial charge is 0.573 e. The number of carbonyl (C=O) groups is 1. The van der Waals surface area contributed by atoms with Gasteiger partial charge in [0.05, 0.1) is 23.2 Å². The second kappa shape index (κ2) is 6.57. The third-order valence-corrected chi connectivity index (χ3v) is 2.99. The number of halogens is 3. The number of alkyl halides is 3. The number of ether oxygens (including phenoxy) is 2. The third kappa shape index (κ3) is 4.00. The zero-order valence-electron chi connectivity index (χ0n) is 12.2. The van der Waals surface area contributed by atoms with Crippen molar-refractivity contribution in [2.45, 2.75) is 6.36 Å². The van der Waals surface area contributed by atoms with Gasteiger partial charge in [-0.2, -0.15) is 0 Å². The fourth-order valence-electron chi connectivity index (χ4n) is 2.03. The summed E-state index contributed by atoms with van der Waals surface area (Å²) >= 11 is 0. The molecule has 0 bridgehead atoms. The van der Waals surface area contributed by atoms with E-state index in [4.69, 9.17) is 0 Å². The number of esters is 1. The highest BCUT2D eigenvalue weighted by atomic mass is 19.4. The normalized spacial score (nSPS) is 11.0. The molecule has 0 fully saturated rings. The first-order valence-corrected chi connectivity index (χ1v) is 6.44. The highest BCUT2D eigenvalue weighted by Crippen LogP contribution is 2.34. The number of nitro groups is 1. The second-order valence-corrected chi connectivity index (χ2v) is 4.56. The van der Waals surface area contributed by atoms with Gasteiger partial charge in [-0.3, -0.25) is 10.1 Å². The Balaban J connectivity index is 2.50. The van der Waals surface area contributed by atoms with Crippen LogP contribution in [0, 0.1) is 10.1 Å². The van der Waals surface area contributed by atoms with Crippen LogP contribution in [0.3, 0.4) is 0 Å². The Labute approximate surface area is 133 Å². The first-order chi connectivity index (χ1) is 11.2. The highest BCUT2D eigenvalue weighted by molar-refractivity contribution is 5.92. The van der Waals surface area contributed by atoms with E-state index in [-0.39, 0.29) is 16.7 Å². The van der Waals surface area contributed by atoms with E-state index in [2.05, 4.69) is 9.47 Å². The van der Waals surface area contributed by atoms with Crippen molar-refractivity contribution in [3.05, 3.63) is 58.1 Å². The summed E-state index contributed by atoms with van der Waals surface area (Å²) in [6.45, 7) is 0. The Kier molecular flexibility index (Phi) is 4.72. The summed E-state index contributed by atoms with van der Waals surface area (Å²) in [5.74, 6) is -1.27. The Hall–Kier alpha value is -3.10. The second-order valence-electron chi connectivity index (χ2n) is 4.56. The molecule has 9 heteroatoms.